The molecule has 31 heavy (non-hydrogen) atoms. The fourth-order valence-electron chi connectivity index (χ4n) is 8.25. The molecule has 1 aromatic rings. The van der Waals surface area contributed by atoms with Crippen LogP contribution in [-0.4, -0.2) is 62.1 Å². The number of benzene rings is 1. The second-order valence-electron chi connectivity index (χ2n) is 9.46. The van der Waals surface area contributed by atoms with E-state index in [2.05, 4.69) is 35.1 Å². The van der Waals surface area contributed by atoms with Crippen LogP contribution in [0.4, 0.5) is 5.69 Å². The van der Waals surface area contributed by atoms with Gasteiger partial charge in [0, 0.05) is 38.7 Å². The highest BCUT2D eigenvalue weighted by Gasteiger charge is 2.90. The third-order valence-corrected chi connectivity index (χ3v) is 8.91. The monoisotopic (exact) mass is 424 g/mol. The summed E-state index contributed by atoms with van der Waals surface area (Å²) in [6.07, 6.45) is 2.43. The Balaban J connectivity index is 1.77. The Bertz CT molecular complexity index is 1040. The maximum atomic E-state index is 14.0. The molecule has 0 radical (unpaired) electrons. The Morgan fingerprint density at radius 2 is 2.06 bits per heavy atom. The van der Waals surface area contributed by atoms with E-state index >= 15 is 0 Å². The lowest BCUT2D eigenvalue weighted by atomic mass is 9.43. The highest BCUT2D eigenvalue weighted by atomic mass is 16.7. The van der Waals surface area contributed by atoms with E-state index in [4.69, 9.17) is 14.2 Å². The average Bonchev–Trinajstić information content (AvgIpc) is 3.17. The first-order valence-corrected chi connectivity index (χ1v) is 11.1. The molecule has 1 aliphatic carbocycles. The van der Waals surface area contributed by atoms with Crippen molar-refractivity contribution in [2.75, 3.05) is 32.1 Å². The van der Waals surface area contributed by atoms with Crippen molar-refractivity contribution < 1.29 is 23.8 Å². The van der Waals surface area contributed by atoms with Gasteiger partial charge in [0.05, 0.1) is 12.5 Å². The number of para-hydroxylation sites is 1. The van der Waals surface area contributed by atoms with E-state index in [1.165, 1.54) is 19.6 Å². The summed E-state index contributed by atoms with van der Waals surface area (Å²) in [5, 5.41) is 0. The first-order valence-electron chi connectivity index (χ1n) is 11.1. The number of hydrogen-bond donors (Lipinski definition) is 0. The Hall–Kier alpha value is -2.38. The number of nitrogens with zero attached hydrogens (tertiary/aromatic N) is 2. The molecule has 7 heteroatoms. The van der Waals surface area contributed by atoms with Crippen LogP contribution >= 0.6 is 0 Å². The maximum absolute atomic E-state index is 14.0. The Morgan fingerprint density at radius 3 is 2.77 bits per heavy atom. The van der Waals surface area contributed by atoms with Crippen molar-refractivity contribution in [3.8, 4) is 0 Å². The smallest absolute Gasteiger partial charge is 0.319 e. The molecule has 5 saturated heterocycles. The zero-order chi connectivity index (χ0) is 21.8. The van der Waals surface area contributed by atoms with Crippen molar-refractivity contribution in [3.63, 3.8) is 0 Å². The molecule has 164 valence electrons. The van der Waals surface area contributed by atoms with Gasteiger partial charge in [-0.25, -0.2) is 0 Å². The van der Waals surface area contributed by atoms with Crippen LogP contribution < -0.4 is 4.90 Å². The first kappa shape index (κ1) is 19.3. The minimum absolute atomic E-state index is 0.119. The highest BCUT2D eigenvalue weighted by molar-refractivity contribution is 5.87. The van der Waals surface area contributed by atoms with Crippen molar-refractivity contribution in [2.24, 2.45) is 11.3 Å². The standard InChI is InChI=1S/C24H28N2O5/c1-5-15-13-26-11-10-22-16-8-6-7-9-18(16)25(3)24(22,26)19-12-17(15)23(22,20(28)29-4)21(31-19)30-14(2)27/h5-9,17,19,21H,10-13H2,1-4H3/b15-5-/t17?,19-,21-,22?,23?,24+/m1/s1. The number of methoxy groups -OCH3 is 1. The number of esters is 2. The molecule has 0 N–H and O–H groups in total. The topological polar surface area (TPSA) is 68.3 Å². The summed E-state index contributed by atoms with van der Waals surface area (Å²) in [7, 11) is 3.55. The van der Waals surface area contributed by atoms with Gasteiger partial charge in [-0.05, 0) is 31.4 Å². The van der Waals surface area contributed by atoms with Crippen LogP contribution in [0.2, 0.25) is 0 Å². The second kappa shape index (κ2) is 5.90. The van der Waals surface area contributed by atoms with Gasteiger partial charge in [0.25, 0.3) is 0 Å². The van der Waals surface area contributed by atoms with Crippen LogP contribution in [0, 0.1) is 11.3 Å². The molecule has 6 heterocycles. The SMILES string of the molecule is C/C=C1/CN2CCC34c5ccccc5N(C)[C@@]23[C@H]2CC1C4(C(=O)OC)[C@H](OC(C)=O)O2. The number of likely N-dealkylation sites (N-methyl/N-ethyl adjacent to an activating group) is 1. The zero-order valence-corrected chi connectivity index (χ0v) is 18.4. The van der Waals surface area contributed by atoms with E-state index in [9.17, 15) is 9.59 Å². The number of rotatable bonds is 2. The molecule has 8 rings (SSSR count). The van der Waals surface area contributed by atoms with Gasteiger partial charge in [-0.15, -0.1) is 0 Å². The van der Waals surface area contributed by atoms with Crippen molar-refractivity contribution in [3.05, 3.63) is 41.5 Å². The Kier molecular flexibility index (Phi) is 3.67. The van der Waals surface area contributed by atoms with E-state index in [0.29, 0.717) is 6.42 Å². The number of carbonyl (C=O) groups is 2. The molecule has 6 bridgehead atoms. The fourth-order valence-corrected chi connectivity index (χ4v) is 8.25. The quantitative estimate of drug-likeness (QED) is 0.533. The minimum atomic E-state index is -1.16. The van der Waals surface area contributed by atoms with Gasteiger partial charge < -0.3 is 19.1 Å². The normalized spacial score (nSPS) is 44.8. The molecular weight excluding hydrogens is 396 g/mol. The molecule has 6 fully saturated rings. The third-order valence-electron chi connectivity index (χ3n) is 8.91. The Morgan fingerprint density at radius 1 is 1.29 bits per heavy atom. The number of fused-ring (bicyclic) bond motifs is 3. The van der Waals surface area contributed by atoms with E-state index < -0.39 is 28.8 Å². The van der Waals surface area contributed by atoms with Crippen LogP contribution in [-0.2, 0) is 29.2 Å². The summed E-state index contributed by atoms with van der Waals surface area (Å²) >= 11 is 0. The summed E-state index contributed by atoms with van der Waals surface area (Å²) in [5.41, 5.74) is 1.17. The number of anilines is 1. The second-order valence-corrected chi connectivity index (χ2v) is 9.46. The molecule has 0 aromatic heterocycles. The fraction of sp³-hybridized carbons (Fsp3) is 0.583. The van der Waals surface area contributed by atoms with Gasteiger partial charge in [-0.2, -0.15) is 0 Å². The summed E-state index contributed by atoms with van der Waals surface area (Å²) in [5.74, 6) is -0.914. The van der Waals surface area contributed by atoms with Crippen molar-refractivity contribution in [2.45, 2.75) is 50.2 Å². The van der Waals surface area contributed by atoms with E-state index in [1.807, 2.05) is 19.1 Å². The number of ether oxygens (including phenoxy) is 3. The summed E-state index contributed by atoms with van der Waals surface area (Å²) in [4.78, 5) is 31.1. The van der Waals surface area contributed by atoms with Gasteiger partial charge in [0.2, 0.25) is 6.29 Å². The predicted molar refractivity (Wildman–Crippen MR) is 112 cm³/mol. The molecule has 1 aromatic carbocycles. The maximum Gasteiger partial charge on any atom is 0.319 e. The van der Waals surface area contributed by atoms with Gasteiger partial charge in [-0.1, -0.05) is 29.8 Å². The van der Waals surface area contributed by atoms with Crippen LogP contribution in [0.3, 0.4) is 0 Å². The summed E-state index contributed by atoms with van der Waals surface area (Å²) in [6, 6.07) is 8.35. The molecule has 7 nitrogen and oxygen atoms in total. The van der Waals surface area contributed by atoms with Crippen molar-refractivity contribution in [1.29, 1.82) is 0 Å². The van der Waals surface area contributed by atoms with Crippen LogP contribution in [0.25, 0.3) is 0 Å². The van der Waals surface area contributed by atoms with Crippen molar-refractivity contribution >= 4 is 17.6 Å². The van der Waals surface area contributed by atoms with E-state index in [-0.39, 0.29) is 18.0 Å². The van der Waals surface area contributed by atoms with Crippen LogP contribution in [0.1, 0.15) is 32.3 Å². The number of hydrogen-bond acceptors (Lipinski definition) is 7. The lowest BCUT2D eigenvalue weighted by Gasteiger charge is -2.67. The van der Waals surface area contributed by atoms with Gasteiger partial charge in [0.1, 0.15) is 17.2 Å². The van der Waals surface area contributed by atoms with Crippen LogP contribution in [0.5, 0.6) is 0 Å². The number of allylic oxidation sites excluding steroid dienone is 1. The average molecular weight is 424 g/mol. The molecule has 6 aliphatic heterocycles. The van der Waals surface area contributed by atoms with Crippen LogP contribution in [0.15, 0.2) is 35.9 Å². The molecule has 1 spiro atoms. The summed E-state index contributed by atoms with van der Waals surface area (Å²) < 4.78 is 17.9. The highest BCUT2D eigenvalue weighted by Crippen LogP contribution is 2.78. The van der Waals surface area contributed by atoms with E-state index in [0.717, 1.165) is 30.8 Å². The summed E-state index contributed by atoms with van der Waals surface area (Å²) in [6.45, 7) is 5.02. The third kappa shape index (κ3) is 1.72. The molecule has 7 atom stereocenters. The first-order chi connectivity index (χ1) is 14.9. The van der Waals surface area contributed by atoms with Gasteiger partial charge in [0.15, 0.2) is 0 Å². The molecular formula is C24H28N2O5. The molecule has 4 unspecified atom stereocenters. The molecule has 0 amide bonds. The molecule has 7 aliphatic rings. The molecule has 1 saturated carbocycles. The lowest BCUT2D eigenvalue weighted by Crippen LogP contribution is -2.83. The largest absolute Gasteiger partial charge is 0.468 e. The Labute approximate surface area is 181 Å². The lowest BCUT2D eigenvalue weighted by molar-refractivity contribution is -0.334. The number of carbonyl (C=O) groups excluding carboxylic acids is 2. The predicted octanol–water partition coefficient (Wildman–Crippen LogP) is 2.20. The van der Waals surface area contributed by atoms with Gasteiger partial charge >= 0.3 is 11.9 Å². The van der Waals surface area contributed by atoms with Crippen molar-refractivity contribution in [1.82, 2.24) is 4.90 Å². The zero-order valence-electron chi connectivity index (χ0n) is 18.4. The van der Waals surface area contributed by atoms with Gasteiger partial charge in [-0.3, -0.25) is 14.5 Å². The minimum Gasteiger partial charge on any atom is -0.468 e. The van der Waals surface area contributed by atoms with E-state index in [1.54, 1.807) is 0 Å².